The van der Waals surface area contributed by atoms with Gasteiger partial charge in [0.15, 0.2) is 0 Å². The van der Waals surface area contributed by atoms with Crippen LogP contribution in [0.15, 0.2) is 48.2 Å². The van der Waals surface area contributed by atoms with E-state index >= 15 is 0 Å². The summed E-state index contributed by atoms with van der Waals surface area (Å²) in [5.74, 6) is 0.978. The number of aryl methyl sites for hydroxylation is 1. The Bertz CT molecular complexity index is 795. The molecule has 0 unspecified atom stereocenters. The lowest BCUT2D eigenvalue weighted by Gasteiger charge is -2.16. The predicted octanol–water partition coefficient (Wildman–Crippen LogP) is 3.58. The molecule has 124 valence electrons. The molecule has 1 aromatic carbocycles. The molecular formula is C17H19N5OS. The van der Waals surface area contributed by atoms with Gasteiger partial charge in [0.2, 0.25) is 0 Å². The first-order valence-electron chi connectivity index (χ1n) is 7.66. The van der Waals surface area contributed by atoms with Gasteiger partial charge in [-0.2, -0.15) is 0 Å². The highest BCUT2D eigenvalue weighted by atomic mass is 32.1. The maximum absolute atomic E-state index is 11.9. The van der Waals surface area contributed by atoms with Gasteiger partial charge < -0.3 is 15.2 Å². The minimum Gasteiger partial charge on any atom is -0.331 e. The van der Waals surface area contributed by atoms with E-state index in [1.54, 1.807) is 12.4 Å². The normalized spacial score (nSPS) is 11.9. The Morgan fingerprint density at radius 3 is 2.67 bits per heavy atom. The van der Waals surface area contributed by atoms with Crippen LogP contribution in [0.1, 0.15) is 29.4 Å². The largest absolute Gasteiger partial charge is 0.331 e. The summed E-state index contributed by atoms with van der Waals surface area (Å²) in [4.78, 5) is 20.3. The van der Waals surface area contributed by atoms with E-state index in [1.807, 2.05) is 42.8 Å². The van der Waals surface area contributed by atoms with Gasteiger partial charge in [0.25, 0.3) is 0 Å². The summed E-state index contributed by atoms with van der Waals surface area (Å²) in [6.07, 6.45) is 5.49. The number of carbonyl (C=O) groups excluding carboxylic acids is 1. The second-order valence-electron chi connectivity index (χ2n) is 5.41. The third kappa shape index (κ3) is 3.80. The fourth-order valence-corrected chi connectivity index (χ4v) is 3.03. The van der Waals surface area contributed by atoms with Crippen LogP contribution in [0.3, 0.4) is 0 Å². The number of aromatic nitrogens is 3. The third-order valence-corrected chi connectivity index (χ3v) is 4.59. The van der Waals surface area contributed by atoms with Crippen molar-refractivity contribution in [3.05, 3.63) is 64.6 Å². The molecule has 0 saturated carbocycles. The van der Waals surface area contributed by atoms with E-state index in [2.05, 4.69) is 32.1 Å². The Labute approximate surface area is 144 Å². The van der Waals surface area contributed by atoms with Crippen LogP contribution in [0.2, 0.25) is 0 Å². The Morgan fingerprint density at radius 2 is 2.04 bits per heavy atom. The maximum Gasteiger partial charge on any atom is 0.319 e. The highest BCUT2D eigenvalue weighted by Gasteiger charge is 2.10. The van der Waals surface area contributed by atoms with E-state index < -0.39 is 0 Å². The fraction of sp³-hybridized carbons (Fsp3) is 0.235. The summed E-state index contributed by atoms with van der Waals surface area (Å²) < 4.78 is 2.11. The number of thiazole rings is 1. The SMILES string of the molecule is Cc1nccn1[C@@H](C)c1ccc(NC(=O)NCc2nccs2)cc1. The first-order chi connectivity index (χ1) is 11.6. The van der Waals surface area contributed by atoms with E-state index in [9.17, 15) is 4.79 Å². The summed E-state index contributed by atoms with van der Waals surface area (Å²) in [6.45, 7) is 4.54. The lowest BCUT2D eigenvalue weighted by Crippen LogP contribution is -2.28. The van der Waals surface area contributed by atoms with Gasteiger partial charge in [-0.3, -0.25) is 0 Å². The average Bonchev–Trinajstić information content (AvgIpc) is 3.24. The molecule has 2 aromatic heterocycles. The van der Waals surface area contributed by atoms with Gasteiger partial charge in [-0.25, -0.2) is 14.8 Å². The predicted molar refractivity (Wildman–Crippen MR) is 95.2 cm³/mol. The molecule has 0 spiro atoms. The zero-order valence-electron chi connectivity index (χ0n) is 13.6. The minimum atomic E-state index is -0.239. The van der Waals surface area contributed by atoms with E-state index in [1.165, 1.54) is 11.3 Å². The summed E-state index contributed by atoms with van der Waals surface area (Å²) in [5, 5.41) is 8.38. The van der Waals surface area contributed by atoms with Crippen molar-refractivity contribution in [1.29, 1.82) is 0 Å². The molecule has 0 aliphatic carbocycles. The molecule has 0 aliphatic heterocycles. The minimum absolute atomic E-state index is 0.195. The Balaban J connectivity index is 1.58. The van der Waals surface area contributed by atoms with Crippen LogP contribution in [0.25, 0.3) is 0 Å². The zero-order chi connectivity index (χ0) is 16.9. The number of anilines is 1. The fourth-order valence-electron chi connectivity index (χ4n) is 2.47. The summed E-state index contributed by atoms with van der Waals surface area (Å²) in [6, 6.07) is 7.79. The van der Waals surface area contributed by atoms with Crippen molar-refractivity contribution in [2.45, 2.75) is 26.4 Å². The number of urea groups is 1. The standard InChI is InChI=1S/C17H19N5OS/c1-12(22-9-7-18-13(22)2)14-3-5-15(6-4-14)21-17(23)20-11-16-19-8-10-24-16/h3-10,12H,11H2,1-2H3,(H2,20,21,23)/t12-/m0/s1. The van der Waals surface area contributed by atoms with Gasteiger partial charge in [-0.1, -0.05) is 12.1 Å². The maximum atomic E-state index is 11.9. The second-order valence-corrected chi connectivity index (χ2v) is 6.39. The van der Waals surface area contributed by atoms with Crippen LogP contribution < -0.4 is 10.6 Å². The quantitative estimate of drug-likeness (QED) is 0.745. The van der Waals surface area contributed by atoms with E-state index in [-0.39, 0.29) is 12.1 Å². The Morgan fingerprint density at radius 1 is 1.25 bits per heavy atom. The van der Waals surface area contributed by atoms with Crippen molar-refractivity contribution in [1.82, 2.24) is 19.9 Å². The number of nitrogens with zero attached hydrogens (tertiary/aromatic N) is 3. The van der Waals surface area contributed by atoms with Crippen LogP contribution >= 0.6 is 11.3 Å². The van der Waals surface area contributed by atoms with E-state index in [4.69, 9.17) is 0 Å². The summed E-state index contributed by atoms with van der Waals surface area (Å²) in [5.41, 5.74) is 1.91. The molecule has 6 nitrogen and oxygen atoms in total. The molecular weight excluding hydrogens is 322 g/mol. The first kappa shape index (κ1) is 16.2. The molecule has 0 saturated heterocycles. The van der Waals surface area contributed by atoms with Gasteiger partial charge in [-0.15, -0.1) is 11.3 Å². The van der Waals surface area contributed by atoms with Crippen molar-refractivity contribution in [2.24, 2.45) is 0 Å². The molecule has 3 rings (SSSR count). The Kier molecular flexibility index (Phi) is 4.90. The van der Waals surface area contributed by atoms with Crippen LogP contribution in [-0.4, -0.2) is 20.6 Å². The molecule has 0 fully saturated rings. The lowest BCUT2D eigenvalue weighted by atomic mass is 10.1. The molecule has 0 bridgehead atoms. The number of benzene rings is 1. The molecule has 24 heavy (non-hydrogen) atoms. The molecule has 2 heterocycles. The highest BCUT2D eigenvalue weighted by Crippen LogP contribution is 2.21. The highest BCUT2D eigenvalue weighted by molar-refractivity contribution is 7.09. The van der Waals surface area contributed by atoms with Crippen molar-refractivity contribution < 1.29 is 4.79 Å². The van der Waals surface area contributed by atoms with Crippen LogP contribution in [-0.2, 0) is 6.54 Å². The number of hydrogen-bond acceptors (Lipinski definition) is 4. The van der Waals surface area contributed by atoms with E-state index in [0.717, 1.165) is 22.1 Å². The number of hydrogen-bond donors (Lipinski definition) is 2. The molecule has 1 atom stereocenters. The molecule has 7 heteroatoms. The topological polar surface area (TPSA) is 71.8 Å². The third-order valence-electron chi connectivity index (χ3n) is 3.81. The molecule has 0 aliphatic rings. The monoisotopic (exact) mass is 341 g/mol. The molecule has 3 aromatic rings. The molecule has 2 N–H and O–H groups in total. The van der Waals surface area contributed by atoms with Crippen molar-refractivity contribution in [2.75, 3.05) is 5.32 Å². The number of rotatable bonds is 5. The van der Waals surface area contributed by atoms with Gasteiger partial charge in [0.1, 0.15) is 10.8 Å². The Hall–Kier alpha value is -2.67. The zero-order valence-corrected chi connectivity index (χ0v) is 14.4. The lowest BCUT2D eigenvalue weighted by molar-refractivity contribution is 0.251. The van der Waals surface area contributed by atoms with E-state index in [0.29, 0.717) is 6.54 Å². The number of nitrogens with one attached hydrogen (secondary N) is 2. The smallest absolute Gasteiger partial charge is 0.319 e. The van der Waals surface area contributed by atoms with Gasteiger partial charge >= 0.3 is 6.03 Å². The number of amides is 2. The number of imidazole rings is 1. The van der Waals surface area contributed by atoms with Gasteiger partial charge in [-0.05, 0) is 31.5 Å². The average molecular weight is 341 g/mol. The first-order valence-corrected chi connectivity index (χ1v) is 8.54. The summed E-state index contributed by atoms with van der Waals surface area (Å²) in [7, 11) is 0. The van der Waals surface area contributed by atoms with Gasteiger partial charge in [0.05, 0.1) is 12.6 Å². The van der Waals surface area contributed by atoms with Crippen LogP contribution in [0, 0.1) is 6.92 Å². The van der Waals surface area contributed by atoms with Crippen LogP contribution in [0.5, 0.6) is 0 Å². The van der Waals surface area contributed by atoms with Crippen molar-refractivity contribution in [3.8, 4) is 0 Å². The number of carbonyl (C=O) groups is 1. The molecule has 2 amide bonds. The second kappa shape index (κ2) is 7.27. The van der Waals surface area contributed by atoms with Crippen molar-refractivity contribution in [3.63, 3.8) is 0 Å². The van der Waals surface area contributed by atoms with Crippen LogP contribution in [0.4, 0.5) is 10.5 Å². The van der Waals surface area contributed by atoms with Crippen molar-refractivity contribution >= 4 is 23.1 Å². The van der Waals surface area contributed by atoms with Gasteiger partial charge in [0, 0.05) is 29.7 Å². The summed E-state index contributed by atoms with van der Waals surface area (Å²) >= 11 is 1.52. The molecule has 0 radical (unpaired) electrons.